The van der Waals surface area contributed by atoms with Gasteiger partial charge in [-0.05, 0) is 88.5 Å². The van der Waals surface area contributed by atoms with Gasteiger partial charge in [-0.1, -0.05) is 35.4 Å². The van der Waals surface area contributed by atoms with Gasteiger partial charge in [0, 0.05) is 0 Å². The Morgan fingerprint density at radius 3 is 1.40 bits per heavy atom. The second-order valence-corrected chi connectivity index (χ2v) is 9.05. The molecule has 30 heavy (non-hydrogen) atoms. The largest absolute Gasteiger partial charge is 0.455 e. The van der Waals surface area contributed by atoms with Crippen LogP contribution >= 0.6 is 0 Å². The quantitative estimate of drug-likeness (QED) is 0.630. The number of hydrogen-bond donors (Lipinski definition) is 0. The number of aryl methyl sites for hydroxylation is 4. The summed E-state index contributed by atoms with van der Waals surface area (Å²) in [5.41, 5.74) is 5.03. The Morgan fingerprint density at radius 1 is 0.667 bits per heavy atom. The average Bonchev–Trinajstić information content (AvgIpc) is 2.73. The molecule has 2 aromatic carbocycles. The van der Waals surface area contributed by atoms with E-state index < -0.39 is 0 Å². The summed E-state index contributed by atoms with van der Waals surface area (Å²) in [6, 6.07) is 11.6. The zero-order valence-corrected chi connectivity index (χ0v) is 18.2. The molecule has 3 aliphatic rings. The van der Waals surface area contributed by atoms with Crippen LogP contribution in [0.15, 0.2) is 36.4 Å². The molecule has 3 aliphatic carbocycles. The van der Waals surface area contributed by atoms with Gasteiger partial charge in [0.25, 0.3) is 0 Å². The molecule has 4 nitrogen and oxygen atoms in total. The molecule has 0 aromatic heterocycles. The lowest BCUT2D eigenvalue weighted by Gasteiger charge is -2.46. The van der Waals surface area contributed by atoms with Crippen molar-refractivity contribution >= 4 is 11.9 Å². The SMILES string of the molecule is Cc1ccc(C)c(C(=O)OC2C3CCC(CC3)C2OC(=O)c2cc(C)ccc2C)c1. The third-order valence-electron chi connectivity index (χ3n) is 6.78. The number of carbonyl (C=O) groups excluding carboxylic acids is 2. The van der Waals surface area contributed by atoms with Crippen LogP contribution in [0, 0.1) is 39.5 Å². The van der Waals surface area contributed by atoms with Gasteiger partial charge in [-0.2, -0.15) is 0 Å². The van der Waals surface area contributed by atoms with E-state index in [9.17, 15) is 9.59 Å². The van der Waals surface area contributed by atoms with Crippen molar-refractivity contribution in [1.82, 2.24) is 0 Å². The minimum absolute atomic E-state index is 0.250. The van der Waals surface area contributed by atoms with E-state index in [0.717, 1.165) is 47.9 Å². The first-order chi connectivity index (χ1) is 14.3. The highest BCUT2D eigenvalue weighted by atomic mass is 16.6. The van der Waals surface area contributed by atoms with E-state index >= 15 is 0 Å². The third kappa shape index (κ3) is 4.00. The van der Waals surface area contributed by atoms with Crippen LogP contribution in [-0.4, -0.2) is 24.1 Å². The Hall–Kier alpha value is -2.62. The molecule has 0 heterocycles. The minimum atomic E-state index is -0.376. The van der Waals surface area contributed by atoms with E-state index in [1.54, 1.807) is 0 Å². The highest BCUT2D eigenvalue weighted by Gasteiger charge is 2.48. The Balaban J connectivity index is 1.56. The van der Waals surface area contributed by atoms with Crippen LogP contribution in [0.1, 0.15) is 68.7 Å². The molecule has 2 aromatic rings. The van der Waals surface area contributed by atoms with E-state index in [-0.39, 0.29) is 36.0 Å². The summed E-state index contributed by atoms with van der Waals surface area (Å²) in [4.78, 5) is 26.0. The zero-order chi connectivity index (χ0) is 21.4. The zero-order valence-electron chi connectivity index (χ0n) is 18.2. The fourth-order valence-electron chi connectivity index (χ4n) is 4.95. The van der Waals surface area contributed by atoms with Gasteiger partial charge in [-0.3, -0.25) is 0 Å². The van der Waals surface area contributed by atoms with E-state index in [2.05, 4.69) is 0 Å². The Labute approximate surface area is 178 Å². The lowest BCUT2D eigenvalue weighted by molar-refractivity contribution is -0.121. The molecular formula is C26H30O4. The first-order valence-corrected chi connectivity index (χ1v) is 10.9. The van der Waals surface area contributed by atoms with Crippen LogP contribution in [0.5, 0.6) is 0 Å². The molecule has 158 valence electrons. The summed E-state index contributed by atoms with van der Waals surface area (Å²) < 4.78 is 12.1. The van der Waals surface area contributed by atoms with Crippen molar-refractivity contribution in [3.05, 3.63) is 69.8 Å². The molecule has 0 spiro atoms. The number of benzene rings is 2. The van der Waals surface area contributed by atoms with Gasteiger partial charge >= 0.3 is 11.9 Å². The fourth-order valence-corrected chi connectivity index (χ4v) is 4.95. The Kier molecular flexibility index (Phi) is 5.68. The number of fused-ring (bicyclic) bond motifs is 3. The van der Waals surface area contributed by atoms with Gasteiger partial charge < -0.3 is 9.47 Å². The molecule has 5 rings (SSSR count). The highest BCUT2D eigenvalue weighted by molar-refractivity contribution is 5.92. The predicted molar refractivity (Wildman–Crippen MR) is 116 cm³/mol. The molecule has 2 atom stereocenters. The molecule has 2 bridgehead atoms. The van der Waals surface area contributed by atoms with Crippen molar-refractivity contribution in [2.45, 2.75) is 65.6 Å². The van der Waals surface area contributed by atoms with Crippen molar-refractivity contribution in [1.29, 1.82) is 0 Å². The van der Waals surface area contributed by atoms with Gasteiger partial charge in [0.15, 0.2) is 0 Å². The number of rotatable bonds is 4. The van der Waals surface area contributed by atoms with Crippen molar-refractivity contribution in [3.8, 4) is 0 Å². The summed E-state index contributed by atoms with van der Waals surface area (Å²) in [6.07, 6.45) is 3.33. The second kappa shape index (κ2) is 8.25. The number of ether oxygens (including phenoxy) is 2. The molecule has 0 aliphatic heterocycles. The maximum atomic E-state index is 13.0. The molecule has 0 saturated heterocycles. The number of carbonyl (C=O) groups is 2. The van der Waals surface area contributed by atoms with E-state index in [4.69, 9.17) is 9.47 Å². The standard InChI is InChI=1S/C26H30O4/c1-15-5-7-17(3)21(13-15)25(27)29-23-19-9-11-20(12-10-19)24(23)30-26(28)22-14-16(2)6-8-18(22)4/h5-8,13-14,19-20,23-24H,9-12H2,1-4H3. The molecule has 4 heteroatoms. The summed E-state index contributed by atoms with van der Waals surface area (Å²) >= 11 is 0. The van der Waals surface area contributed by atoms with Gasteiger partial charge in [0.2, 0.25) is 0 Å². The number of esters is 2. The van der Waals surface area contributed by atoms with Crippen LogP contribution in [0.25, 0.3) is 0 Å². The van der Waals surface area contributed by atoms with E-state index in [1.165, 1.54) is 0 Å². The predicted octanol–water partition coefficient (Wildman–Crippen LogP) is 5.49. The van der Waals surface area contributed by atoms with Crippen LogP contribution in [0.2, 0.25) is 0 Å². The van der Waals surface area contributed by atoms with Crippen molar-refractivity contribution < 1.29 is 19.1 Å². The minimum Gasteiger partial charge on any atom is -0.455 e. The summed E-state index contributed by atoms with van der Waals surface area (Å²) in [6.45, 7) is 7.77. The van der Waals surface area contributed by atoms with E-state index in [0.29, 0.717) is 11.1 Å². The summed E-state index contributed by atoms with van der Waals surface area (Å²) in [5.74, 6) is -0.135. The maximum Gasteiger partial charge on any atom is 0.338 e. The third-order valence-corrected chi connectivity index (χ3v) is 6.78. The maximum absolute atomic E-state index is 13.0. The summed E-state index contributed by atoms with van der Waals surface area (Å²) in [7, 11) is 0. The smallest absolute Gasteiger partial charge is 0.338 e. The van der Waals surface area contributed by atoms with Crippen molar-refractivity contribution in [2.24, 2.45) is 11.8 Å². The van der Waals surface area contributed by atoms with Crippen LogP contribution in [0.4, 0.5) is 0 Å². The molecule has 3 fully saturated rings. The van der Waals surface area contributed by atoms with Crippen molar-refractivity contribution in [2.75, 3.05) is 0 Å². The van der Waals surface area contributed by atoms with E-state index in [1.807, 2.05) is 64.1 Å². The normalized spacial score (nSPS) is 25.1. The van der Waals surface area contributed by atoms with Crippen LogP contribution in [0.3, 0.4) is 0 Å². The lowest BCUT2D eigenvalue weighted by atomic mass is 9.67. The fraction of sp³-hybridized carbons (Fsp3) is 0.462. The summed E-state index contributed by atoms with van der Waals surface area (Å²) in [5, 5.41) is 0. The first kappa shape index (κ1) is 20.6. The average molecular weight is 407 g/mol. The molecule has 0 radical (unpaired) electrons. The van der Waals surface area contributed by atoms with Crippen LogP contribution in [-0.2, 0) is 9.47 Å². The molecule has 2 unspecified atom stereocenters. The Bertz CT molecular complexity index is 889. The lowest BCUT2D eigenvalue weighted by Crippen LogP contribution is -2.52. The highest BCUT2D eigenvalue weighted by Crippen LogP contribution is 2.45. The number of hydrogen-bond acceptors (Lipinski definition) is 4. The van der Waals surface area contributed by atoms with Crippen molar-refractivity contribution in [3.63, 3.8) is 0 Å². The second-order valence-electron chi connectivity index (χ2n) is 9.05. The van der Waals surface area contributed by atoms with Crippen LogP contribution < -0.4 is 0 Å². The monoisotopic (exact) mass is 406 g/mol. The van der Waals surface area contributed by atoms with Gasteiger partial charge in [-0.15, -0.1) is 0 Å². The first-order valence-electron chi connectivity index (χ1n) is 10.9. The Morgan fingerprint density at radius 2 is 1.03 bits per heavy atom. The molecule has 0 amide bonds. The molecule has 0 N–H and O–H groups in total. The molecular weight excluding hydrogens is 376 g/mol. The van der Waals surface area contributed by atoms with Gasteiger partial charge in [0.05, 0.1) is 11.1 Å². The van der Waals surface area contributed by atoms with Gasteiger partial charge in [-0.25, -0.2) is 9.59 Å². The molecule has 3 saturated carbocycles. The van der Waals surface area contributed by atoms with Gasteiger partial charge in [0.1, 0.15) is 12.2 Å². The topological polar surface area (TPSA) is 52.6 Å².